The van der Waals surface area contributed by atoms with Crippen LogP contribution in [-0.4, -0.2) is 6.54 Å². The van der Waals surface area contributed by atoms with Crippen molar-refractivity contribution in [2.75, 3.05) is 12.3 Å². The molecule has 1 fully saturated rings. The molecule has 0 atom stereocenters. The summed E-state index contributed by atoms with van der Waals surface area (Å²) in [5, 5.41) is 3.36. The summed E-state index contributed by atoms with van der Waals surface area (Å²) >= 11 is 0. The van der Waals surface area contributed by atoms with Gasteiger partial charge in [0, 0.05) is 24.3 Å². The number of rotatable bonds is 4. The van der Waals surface area contributed by atoms with Gasteiger partial charge in [-0.1, -0.05) is 25.8 Å². The summed E-state index contributed by atoms with van der Waals surface area (Å²) in [6, 6.07) is 4.89. The van der Waals surface area contributed by atoms with Crippen LogP contribution in [0.1, 0.15) is 38.2 Å². The normalized spacial score (nSPS) is 18.5. The number of hydrogen-bond donors (Lipinski definition) is 2. The molecule has 0 aliphatic heterocycles. The Morgan fingerprint density at radius 1 is 1.35 bits per heavy atom. The number of nitrogens with two attached hydrogens (primary N) is 1. The SMILES string of the molecule is CC1(CNCc2ccc(N)cc2F)CCCC1. The van der Waals surface area contributed by atoms with E-state index in [2.05, 4.69) is 12.2 Å². The van der Waals surface area contributed by atoms with Crippen LogP contribution in [0.2, 0.25) is 0 Å². The summed E-state index contributed by atoms with van der Waals surface area (Å²) in [5.74, 6) is -0.214. The minimum Gasteiger partial charge on any atom is -0.399 e. The van der Waals surface area contributed by atoms with Gasteiger partial charge in [-0.2, -0.15) is 0 Å². The highest BCUT2D eigenvalue weighted by molar-refractivity contribution is 5.40. The first-order valence-electron chi connectivity index (χ1n) is 6.34. The van der Waals surface area contributed by atoms with Crippen molar-refractivity contribution in [1.82, 2.24) is 5.32 Å². The van der Waals surface area contributed by atoms with E-state index in [9.17, 15) is 4.39 Å². The van der Waals surface area contributed by atoms with Gasteiger partial charge >= 0.3 is 0 Å². The molecule has 0 radical (unpaired) electrons. The molecule has 0 heterocycles. The second-order valence-corrected chi connectivity index (χ2v) is 5.47. The lowest BCUT2D eigenvalue weighted by molar-refractivity contribution is 0.314. The first-order valence-corrected chi connectivity index (χ1v) is 6.34. The third-order valence-corrected chi connectivity index (χ3v) is 3.76. The quantitative estimate of drug-likeness (QED) is 0.788. The summed E-state index contributed by atoms with van der Waals surface area (Å²) in [6.07, 6.45) is 5.22. The summed E-state index contributed by atoms with van der Waals surface area (Å²) in [5.41, 5.74) is 7.10. The second-order valence-electron chi connectivity index (χ2n) is 5.47. The minimum atomic E-state index is -0.214. The topological polar surface area (TPSA) is 38.0 Å². The highest BCUT2D eigenvalue weighted by Crippen LogP contribution is 2.36. The van der Waals surface area contributed by atoms with Crippen molar-refractivity contribution >= 4 is 5.69 Å². The molecule has 2 rings (SSSR count). The standard InChI is InChI=1S/C14H21FN2/c1-14(6-2-3-7-14)10-17-9-11-4-5-12(16)8-13(11)15/h4-5,8,17H,2-3,6-7,9-10,16H2,1H3. The first-order chi connectivity index (χ1) is 8.09. The third kappa shape index (κ3) is 3.19. The van der Waals surface area contributed by atoms with Crippen LogP contribution in [0.25, 0.3) is 0 Å². The van der Waals surface area contributed by atoms with Crippen molar-refractivity contribution in [3.8, 4) is 0 Å². The average molecular weight is 236 g/mol. The van der Waals surface area contributed by atoms with E-state index in [1.165, 1.54) is 31.7 Å². The Hall–Kier alpha value is -1.09. The van der Waals surface area contributed by atoms with E-state index in [1.54, 1.807) is 12.1 Å². The van der Waals surface area contributed by atoms with Crippen molar-refractivity contribution < 1.29 is 4.39 Å². The van der Waals surface area contributed by atoms with E-state index in [0.29, 0.717) is 23.2 Å². The van der Waals surface area contributed by atoms with Gasteiger partial charge in [-0.15, -0.1) is 0 Å². The smallest absolute Gasteiger partial charge is 0.129 e. The molecule has 1 aliphatic carbocycles. The van der Waals surface area contributed by atoms with Gasteiger partial charge in [-0.25, -0.2) is 4.39 Å². The van der Waals surface area contributed by atoms with Crippen LogP contribution in [0.3, 0.4) is 0 Å². The van der Waals surface area contributed by atoms with E-state index in [1.807, 2.05) is 0 Å². The Morgan fingerprint density at radius 2 is 2.06 bits per heavy atom. The van der Waals surface area contributed by atoms with Crippen LogP contribution in [0.5, 0.6) is 0 Å². The molecule has 0 aromatic heterocycles. The summed E-state index contributed by atoms with van der Waals surface area (Å²) < 4.78 is 13.5. The molecule has 2 nitrogen and oxygen atoms in total. The number of halogens is 1. The van der Waals surface area contributed by atoms with Crippen molar-refractivity contribution in [2.24, 2.45) is 5.41 Å². The molecule has 0 amide bonds. The lowest BCUT2D eigenvalue weighted by atomic mass is 9.89. The molecule has 1 aromatic carbocycles. The lowest BCUT2D eigenvalue weighted by Crippen LogP contribution is -2.29. The van der Waals surface area contributed by atoms with E-state index in [4.69, 9.17) is 5.73 Å². The summed E-state index contributed by atoms with van der Waals surface area (Å²) in [7, 11) is 0. The average Bonchev–Trinajstić information content (AvgIpc) is 2.69. The fraction of sp³-hybridized carbons (Fsp3) is 0.571. The lowest BCUT2D eigenvalue weighted by Gasteiger charge is -2.23. The molecule has 0 unspecified atom stereocenters. The monoisotopic (exact) mass is 236 g/mol. The van der Waals surface area contributed by atoms with Crippen LogP contribution < -0.4 is 11.1 Å². The molecule has 1 saturated carbocycles. The predicted octanol–water partition coefficient (Wildman–Crippen LogP) is 3.08. The Morgan fingerprint density at radius 3 is 2.71 bits per heavy atom. The Balaban J connectivity index is 1.85. The number of hydrogen-bond acceptors (Lipinski definition) is 2. The summed E-state index contributed by atoms with van der Waals surface area (Å²) in [4.78, 5) is 0. The highest BCUT2D eigenvalue weighted by atomic mass is 19.1. The fourth-order valence-electron chi connectivity index (χ4n) is 2.61. The van der Waals surface area contributed by atoms with E-state index in [-0.39, 0.29) is 5.82 Å². The van der Waals surface area contributed by atoms with Crippen LogP contribution in [0, 0.1) is 11.2 Å². The fourth-order valence-corrected chi connectivity index (χ4v) is 2.61. The van der Waals surface area contributed by atoms with Crippen molar-refractivity contribution in [3.63, 3.8) is 0 Å². The third-order valence-electron chi connectivity index (χ3n) is 3.76. The Kier molecular flexibility index (Phi) is 3.67. The second kappa shape index (κ2) is 5.05. The van der Waals surface area contributed by atoms with Crippen LogP contribution in [0.15, 0.2) is 18.2 Å². The van der Waals surface area contributed by atoms with Crippen molar-refractivity contribution in [3.05, 3.63) is 29.6 Å². The van der Waals surface area contributed by atoms with Gasteiger partial charge in [0.15, 0.2) is 0 Å². The Labute approximate surface area is 102 Å². The molecule has 17 heavy (non-hydrogen) atoms. The van der Waals surface area contributed by atoms with Gasteiger partial charge < -0.3 is 11.1 Å². The molecule has 94 valence electrons. The maximum absolute atomic E-state index is 13.5. The number of anilines is 1. The zero-order chi connectivity index (χ0) is 12.3. The summed E-state index contributed by atoms with van der Waals surface area (Å²) in [6.45, 7) is 3.87. The molecule has 1 aromatic rings. The highest BCUT2D eigenvalue weighted by Gasteiger charge is 2.27. The molecule has 0 bridgehead atoms. The van der Waals surface area contributed by atoms with Gasteiger partial charge in [-0.05, 0) is 30.4 Å². The molecule has 0 spiro atoms. The van der Waals surface area contributed by atoms with E-state index in [0.717, 1.165) is 6.54 Å². The van der Waals surface area contributed by atoms with E-state index < -0.39 is 0 Å². The van der Waals surface area contributed by atoms with Gasteiger partial charge in [0.05, 0.1) is 0 Å². The Bertz CT molecular complexity index is 384. The van der Waals surface area contributed by atoms with Gasteiger partial charge in [0.1, 0.15) is 5.82 Å². The number of nitrogens with one attached hydrogen (secondary N) is 1. The van der Waals surface area contributed by atoms with Crippen LogP contribution in [0.4, 0.5) is 10.1 Å². The predicted molar refractivity (Wildman–Crippen MR) is 69.1 cm³/mol. The van der Waals surface area contributed by atoms with Gasteiger partial charge in [0.25, 0.3) is 0 Å². The number of benzene rings is 1. The zero-order valence-corrected chi connectivity index (χ0v) is 10.4. The largest absolute Gasteiger partial charge is 0.399 e. The van der Waals surface area contributed by atoms with Crippen LogP contribution in [-0.2, 0) is 6.54 Å². The minimum absolute atomic E-state index is 0.214. The zero-order valence-electron chi connectivity index (χ0n) is 10.4. The first kappa shape index (κ1) is 12.4. The molecule has 3 heteroatoms. The maximum atomic E-state index is 13.5. The van der Waals surface area contributed by atoms with E-state index >= 15 is 0 Å². The van der Waals surface area contributed by atoms with Crippen LogP contribution >= 0.6 is 0 Å². The maximum Gasteiger partial charge on any atom is 0.129 e. The molecular weight excluding hydrogens is 215 g/mol. The molecule has 3 N–H and O–H groups in total. The number of nitrogen functional groups attached to an aromatic ring is 1. The van der Waals surface area contributed by atoms with Crippen molar-refractivity contribution in [1.29, 1.82) is 0 Å². The molecule has 1 aliphatic rings. The van der Waals surface area contributed by atoms with Crippen molar-refractivity contribution in [2.45, 2.75) is 39.2 Å². The molecule has 0 saturated heterocycles. The van der Waals surface area contributed by atoms with Gasteiger partial charge in [-0.3, -0.25) is 0 Å². The molecular formula is C14H21FN2. The van der Waals surface area contributed by atoms with Gasteiger partial charge in [0.2, 0.25) is 0 Å².